The number of amides is 1. The topological polar surface area (TPSA) is 57.2 Å². The molecule has 0 bridgehead atoms. The summed E-state index contributed by atoms with van der Waals surface area (Å²) in [4.78, 5) is 14.3. The van der Waals surface area contributed by atoms with Crippen molar-refractivity contribution < 1.29 is 23.7 Å². The first kappa shape index (κ1) is 17.6. The van der Waals surface area contributed by atoms with Crippen molar-refractivity contribution in [2.75, 3.05) is 34.0 Å². The van der Waals surface area contributed by atoms with Gasteiger partial charge in [-0.05, 0) is 31.5 Å². The van der Waals surface area contributed by atoms with Crippen LogP contribution >= 0.6 is 0 Å². The van der Waals surface area contributed by atoms with Crippen LogP contribution in [0.15, 0.2) is 12.1 Å². The van der Waals surface area contributed by atoms with Crippen LogP contribution in [0.3, 0.4) is 0 Å². The summed E-state index contributed by atoms with van der Waals surface area (Å²) < 4.78 is 21.6. The Morgan fingerprint density at radius 3 is 2.26 bits per heavy atom. The van der Waals surface area contributed by atoms with Gasteiger partial charge in [0.05, 0.1) is 14.2 Å². The van der Waals surface area contributed by atoms with Crippen LogP contribution in [0, 0.1) is 0 Å². The maximum absolute atomic E-state index is 12.5. The normalized spacial score (nSPS) is 13.6. The molecule has 1 aliphatic rings. The molecule has 0 unspecified atom stereocenters. The molecule has 1 heterocycles. The zero-order valence-electron chi connectivity index (χ0n) is 14.3. The fourth-order valence-corrected chi connectivity index (χ4v) is 2.73. The predicted octanol–water partition coefficient (Wildman–Crippen LogP) is 2.45. The number of carbonyl (C=O) groups excluding carboxylic acids is 1. The molecule has 6 nitrogen and oxygen atoms in total. The number of rotatable bonds is 9. The van der Waals surface area contributed by atoms with E-state index in [1.165, 1.54) is 0 Å². The third-order valence-electron chi connectivity index (χ3n) is 3.83. The van der Waals surface area contributed by atoms with E-state index in [0.29, 0.717) is 49.8 Å². The highest BCUT2D eigenvalue weighted by molar-refractivity contribution is 5.99. The van der Waals surface area contributed by atoms with E-state index in [1.807, 2.05) is 19.9 Å². The molecule has 1 amide bonds. The number of nitrogens with zero attached hydrogens (tertiary/aromatic N) is 1. The van der Waals surface area contributed by atoms with Crippen molar-refractivity contribution in [2.45, 2.75) is 33.1 Å². The number of carbonyl (C=O) groups is 1. The molecule has 23 heavy (non-hydrogen) atoms. The van der Waals surface area contributed by atoms with Crippen molar-refractivity contribution in [3.05, 3.63) is 23.3 Å². The van der Waals surface area contributed by atoms with Crippen LogP contribution in [0.1, 0.15) is 36.2 Å². The molecule has 0 aromatic heterocycles. The Kier molecular flexibility index (Phi) is 6.24. The molecular formula is C17H25NO5. The van der Waals surface area contributed by atoms with Crippen molar-refractivity contribution in [1.29, 1.82) is 0 Å². The standard InChI is InChI=1S/C17H25NO5/c1-5-22-16(23-6-2)7-8-18-11-12-9-14(20-3)15(21-4)10-13(12)17(18)19/h9-10,16H,5-8,11H2,1-4H3. The quantitative estimate of drug-likeness (QED) is 0.653. The summed E-state index contributed by atoms with van der Waals surface area (Å²) in [6.07, 6.45) is 0.376. The van der Waals surface area contributed by atoms with Crippen LogP contribution in [-0.2, 0) is 16.0 Å². The number of ether oxygens (including phenoxy) is 4. The van der Waals surface area contributed by atoms with Gasteiger partial charge in [0.25, 0.3) is 5.91 Å². The minimum atomic E-state index is -0.273. The van der Waals surface area contributed by atoms with E-state index in [4.69, 9.17) is 18.9 Å². The van der Waals surface area contributed by atoms with Crippen molar-refractivity contribution in [3.63, 3.8) is 0 Å². The average molecular weight is 323 g/mol. The van der Waals surface area contributed by atoms with Crippen molar-refractivity contribution in [1.82, 2.24) is 4.90 Å². The lowest BCUT2D eigenvalue weighted by Crippen LogP contribution is -2.29. The molecule has 0 N–H and O–H groups in total. The second-order valence-electron chi connectivity index (χ2n) is 5.22. The van der Waals surface area contributed by atoms with Gasteiger partial charge in [0.1, 0.15) is 0 Å². The molecule has 1 aliphatic heterocycles. The van der Waals surface area contributed by atoms with Crippen LogP contribution in [0.25, 0.3) is 0 Å². The molecule has 0 saturated heterocycles. The molecule has 6 heteroatoms. The Labute approximate surface area is 137 Å². The van der Waals surface area contributed by atoms with Crippen LogP contribution in [-0.4, -0.2) is 51.1 Å². The zero-order chi connectivity index (χ0) is 16.8. The summed E-state index contributed by atoms with van der Waals surface area (Å²) >= 11 is 0. The van der Waals surface area contributed by atoms with Crippen molar-refractivity contribution in [2.24, 2.45) is 0 Å². The number of fused-ring (bicyclic) bond motifs is 1. The average Bonchev–Trinajstić information content (AvgIpc) is 2.87. The fraction of sp³-hybridized carbons (Fsp3) is 0.588. The van der Waals surface area contributed by atoms with Crippen molar-refractivity contribution in [3.8, 4) is 11.5 Å². The molecule has 0 aliphatic carbocycles. The van der Waals surface area contributed by atoms with Gasteiger partial charge in [-0.25, -0.2) is 0 Å². The van der Waals surface area contributed by atoms with Gasteiger partial charge in [0.15, 0.2) is 17.8 Å². The van der Waals surface area contributed by atoms with E-state index >= 15 is 0 Å². The number of hydrogen-bond acceptors (Lipinski definition) is 5. The SMILES string of the molecule is CCOC(CCN1Cc2cc(OC)c(OC)cc2C1=O)OCC. The lowest BCUT2D eigenvalue weighted by atomic mass is 10.1. The van der Waals surface area contributed by atoms with E-state index in [9.17, 15) is 4.79 Å². The van der Waals surface area contributed by atoms with Crippen LogP contribution in [0.4, 0.5) is 0 Å². The van der Waals surface area contributed by atoms with E-state index < -0.39 is 0 Å². The van der Waals surface area contributed by atoms with Gasteiger partial charge in [-0.1, -0.05) is 0 Å². The number of methoxy groups -OCH3 is 2. The van der Waals surface area contributed by atoms with Crippen LogP contribution in [0.2, 0.25) is 0 Å². The molecule has 1 aromatic rings. The second-order valence-corrected chi connectivity index (χ2v) is 5.22. The van der Waals surface area contributed by atoms with Gasteiger partial charge < -0.3 is 23.8 Å². The summed E-state index contributed by atoms with van der Waals surface area (Å²) in [6.45, 7) is 6.20. The van der Waals surface area contributed by atoms with Gasteiger partial charge in [0.2, 0.25) is 0 Å². The second kappa shape index (κ2) is 8.17. The summed E-state index contributed by atoms with van der Waals surface area (Å²) in [6, 6.07) is 3.62. The molecule has 1 aromatic carbocycles. The Hall–Kier alpha value is -1.79. The fourth-order valence-electron chi connectivity index (χ4n) is 2.73. The summed E-state index contributed by atoms with van der Waals surface area (Å²) in [5.41, 5.74) is 1.63. The summed E-state index contributed by atoms with van der Waals surface area (Å²) in [5, 5.41) is 0. The molecule has 128 valence electrons. The van der Waals surface area contributed by atoms with Gasteiger partial charge in [-0.3, -0.25) is 4.79 Å². The van der Waals surface area contributed by atoms with Gasteiger partial charge in [-0.15, -0.1) is 0 Å². The van der Waals surface area contributed by atoms with Crippen LogP contribution in [0.5, 0.6) is 11.5 Å². The minimum absolute atomic E-state index is 0.00713. The van der Waals surface area contributed by atoms with Gasteiger partial charge in [0, 0.05) is 38.3 Å². The zero-order valence-corrected chi connectivity index (χ0v) is 14.3. The highest BCUT2D eigenvalue weighted by atomic mass is 16.7. The predicted molar refractivity (Wildman–Crippen MR) is 85.9 cm³/mol. The Balaban J connectivity index is 2.05. The molecular weight excluding hydrogens is 298 g/mol. The molecule has 2 rings (SSSR count). The Morgan fingerprint density at radius 1 is 1.09 bits per heavy atom. The van der Waals surface area contributed by atoms with Crippen molar-refractivity contribution >= 4 is 5.91 Å². The van der Waals surface area contributed by atoms with Gasteiger partial charge >= 0.3 is 0 Å². The largest absolute Gasteiger partial charge is 0.493 e. The molecule has 0 saturated carbocycles. The Bertz CT molecular complexity index is 540. The van der Waals surface area contributed by atoms with E-state index in [2.05, 4.69) is 0 Å². The first-order valence-corrected chi connectivity index (χ1v) is 7.91. The van der Waals surface area contributed by atoms with E-state index in [1.54, 1.807) is 25.2 Å². The summed E-state index contributed by atoms with van der Waals surface area (Å²) in [7, 11) is 3.16. The van der Waals surface area contributed by atoms with Crippen LogP contribution < -0.4 is 9.47 Å². The first-order chi connectivity index (χ1) is 11.1. The van der Waals surface area contributed by atoms with Gasteiger partial charge in [-0.2, -0.15) is 0 Å². The number of hydrogen-bond donors (Lipinski definition) is 0. The Morgan fingerprint density at radius 2 is 1.70 bits per heavy atom. The smallest absolute Gasteiger partial charge is 0.254 e. The molecule has 0 fully saturated rings. The lowest BCUT2D eigenvalue weighted by Gasteiger charge is -2.21. The third kappa shape index (κ3) is 3.95. The van der Waals surface area contributed by atoms with E-state index in [0.717, 1.165) is 5.56 Å². The maximum Gasteiger partial charge on any atom is 0.254 e. The number of benzene rings is 1. The summed E-state index contributed by atoms with van der Waals surface area (Å²) in [5.74, 6) is 1.22. The minimum Gasteiger partial charge on any atom is -0.493 e. The highest BCUT2D eigenvalue weighted by Gasteiger charge is 2.29. The van der Waals surface area contributed by atoms with E-state index in [-0.39, 0.29) is 12.2 Å². The lowest BCUT2D eigenvalue weighted by molar-refractivity contribution is -0.140. The molecule has 0 atom stereocenters. The highest BCUT2D eigenvalue weighted by Crippen LogP contribution is 2.34. The first-order valence-electron chi connectivity index (χ1n) is 7.91. The third-order valence-corrected chi connectivity index (χ3v) is 3.83. The molecule has 0 spiro atoms. The maximum atomic E-state index is 12.5. The monoisotopic (exact) mass is 323 g/mol. The molecule has 0 radical (unpaired) electrons.